The fourth-order valence-electron chi connectivity index (χ4n) is 2.88. The number of carbonyl (C=O) groups excluding carboxylic acids is 1. The standard InChI is InChI=1S/C21H27N5O3S/c1-13(2)29-12-6-11-22-20(27)19-14(3)23-21(30-19)18-15(4)26(25-24-18)16-7-9-17(28-5)10-8-16/h7-10,13H,6,11-12H2,1-5H3,(H,22,27). The fraction of sp³-hybridized carbons (Fsp3) is 0.429. The fourth-order valence-corrected chi connectivity index (χ4v) is 3.90. The van der Waals surface area contributed by atoms with E-state index in [1.807, 2.05) is 52.0 Å². The van der Waals surface area contributed by atoms with Crippen LogP contribution in [0.5, 0.6) is 5.75 Å². The second-order valence-corrected chi connectivity index (χ2v) is 8.09. The lowest BCUT2D eigenvalue weighted by atomic mass is 10.3. The van der Waals surface area contributed by atoms with E-state index in [2.05, 4.69) is 20.6 Å². The second-order valence-electron chi connectivity index (χ2n) is 7.10. The zero-order valence-electron chi connectivity index (χ0n) is 17.9. The molecule has 1 amide bonds. The number of hydrogen-bond acceptors (Lipinski definition) is 7. The van der Waals surface area contributed by atoms with E-state index in [0.29, 0.717) is 34.4 Å². The van der Waals surface area contributed by atoms with E-state index >= 15 is 0 Å². The number of nitrogens with one attached hydrogen (secondary N) is 1. The lowest BCUT2D eigenvalue weighted by Gasteiger charge is -2.07. The summed E-state index contributed by atoms with van der Waals surface area (Å²) in [5, 5.41) is 12.2. The molecule has 0 bridgehead atoms. The minimum absolute atomic E-state index is 0.124. The number of aromatic nitrogens is 4. The maximum atomic E-state index is 12.5. The zero-order valence-corrected chi connectivity index (χ0v) is 18.7. The van der Waals surface area contributed by atoms with Crippen LogP contribution < -0.4 is 10.1 Å². The molecule has 30 heavy (non-hydrogen) atoms. The molecule has 0 saturated carbocycles. The van der Waals surface area contributed by atoms with Crippen LogP contribution in [0.4, 0.5) is 0 Å². The number of methoxy groups -OCH3 is 1. The number of nitrogens with zero attached hydrogens (tertiary/aromatic N) is 4. The largest absolute Gasteiger partial charge is 0.497 e. The van der Waals surface area contributed by atoms with Crippen LogP contribution in [0.2, 0.25) is 0 Å². The van der Waals surface area contributed by atoms with Crippen molar-refractivity contribution in [2.45, 2.75) is 40.2 Å². The van der Waals surface area contributed by atoms with Crippen molar-refractivity contribution in [1.29, 1.82) is 0 Å². The Labute approximate surface area is 180 Å². The van der Waals surface area contributed by atoms with Gasteiger partial charge in [-0.15, -0.1) is 16.4 Å². The van der Waals surface area contributed by atoms with Gasteiger partial charge in [0.05, 0.1) is 30.3 Å². The molecule has 3 aromatic rings. The molecule has 0 aliphatic rings. The first kappa shape index (κ1) is 21.9. The van der Waals surface area contributed by atoms with Gasteiger partial charge in [-0.05, 0) is 58.4 Å². The molecule has 0 fully saturated rings. The molecule has 0 saturated heterocycles. The topological polar surface area (TPSA) is 91.2 Å². The summed E-state index contributed by atoms with van der Waals surface area (Å²) in [6.07, 6.45) is 0.964. The molecule has 0 aliphatic carbocycles. The lowest BCUT2D eigenvalue weighted by molar-refractivity contribution is 0.0757. The summed E-state index contributed by atoms with van der Waals surface area (Å²) >= 11 is 1.33. The first-order valence-electron chi connectivity index (χ1n) is 9.85. The molecule has 9 heteroatoms. The third-order valence-corrected chi connectivity index (χ3v) is 5.64. The van der Waals surface area contributed by atoms with E-state index in [4.69, 9.17) is 9.47 Å². The summed E-state index contributed by atoms with van der Waals surface area (Å²) in [7, 11) is 1.63. The van der Waals surface area contributed by atoms with Gasteiger partial charge >= 0.3 is 0 Å². The first-order chi connectivity index (χ1) is 14.4. The molecular weight excluding hydrogens is 402 g/mol. The second kappa shape index (κ2) is 9.82. The van der Waals surface area contributed by atoms with E-state index in [0.717, 1.165) is 23.6 Å². The Morgan fingerprint density at radius 2 is 1.97 bits per heavy atom. The Morgan fingerprint density at radius 3 is 2.63 bits per heavy atom. The van der Waals surface area contributed by atoms with Gasteiger partial charge in [0.25, 0.3) is 5.91 Å². The van der Waals surface area contributed by atoms with E-state index in [1.54, 1.807) is 11.8 Å². The molecule has 3 rings (SSSR count). The maximum absolute atomic E-state index is 12.5. The van der Waals surface area contributed by atoms with Gasteiger partial charge in [-0.25, -0.2) is 9.67 Å². The van der Waals surface area contributed by atoms with Crippen LogP contribution in [-0.2, 0) is 4.74 Å². The van der Waals surface area contributed by atoms with Gasteiger partial charge in [0, 0.05) is 13.2 Å². The molecule has 2 aromatic heterocycles. The van der Waals surface area contributed by atoms with Gasteiger partial charge in [-0.2, -0.15) is 0 Å². The van der Waals surface area contributed by atoms with Crippen molar-refractivity contribution < 1.29 is 14.3 Å². The van der Waals surface area contributed by atoms with Crippen molar-refractivity contribution in [3.8, 4) is 22.1 Å². The van der Waals surface area contributed by atoms with Crippen LogP contribution in [0.1, 0.15) is 41.3 Å². The third-order valence-electron chi connectivity index (χ3n) is 4.47. The minimum atomic E-state index is -0.124. The molecule has 0 aliphatic heterocycles. The van der Waals surface area contributed by atoms with Gasteiger partial charge in [0.2, 0.25) is 0 Å². The highest BCUT2D eigenvalue weighted by Gasteiger charge is 2.20. The Hall–Kier alpha value is -2.78. The number of carbonyl (C=O) groups is 1. The molecule has 0 atom stereocenters. The number of aryl methyl sites for hydroxylation is 1. The molecule has 0 radical (unpaired) electrons. The van der Waals surface area contributed by atoms with Crippen molar-refractivity contribution >= 4 is 17.2 Å². The van der Waals surface area contributed by atoms with Gasteiger partial charge in [-0.1, -0.05) is 5.21 Å². The van der Waals surface area contributed by atoms with Crippen molar-refractivity contribution in [2.75, 3.05) is 20.3 Å². The minimum Gasteiger partial charge on any atom is -0.497 e. The van der Waals surface area contributed by atoms with Crippen molar-refractivity contribution in [1.82, 2.24) is 25.3 Å². The molecule has 0 spiro atoms. The van der Waals surface area contributed by atoms with E-state index in [9.17, 15) is 4.79 Å². The number of hydrogen-bond donors (Lipinski definition) is 1. The molecule has 0 unspecified atom stereocenters. The van der Waals surface area contributed by atoms with Gasteiger partial charge in [0.1, 0.15) is 21.3 Å². The van der Waals surface area contributed by atoms with E-state index < -0.39 is 0 Å². The predicted molar refractivity (Wildman–Crippen MR) is 117 cm³/mol. The quantitative estimate of drug-likeness (QED) is 0.523. The predicted octanol–water partition coefficient (Wildman–Crippen LogP) is 3.56. The molecular formula is C21H27N5O3S. The molecule has 8 nitrogen and oxygen atoms in total. The summed E-state index contributed by atoms with van der Waals surface area (Å²) in [4.78, 5) is 17.7. The average Bonchev–Trinajstić information content (AvgIpc) is 3.30. The zero-order chi connectivity index (χ0) is 21.7. The Balaban J connectivity index is 1.71. The number of benzene rings is 1. The number of rotatable bonds is 9. The normalized spacial score (nSPS) is 11.1. The highest BCUT2D eigenvalue weighted by atomic mass is 32.1. The highest BCUT2D eigenvalue weighted by molar-refractivity contribution is 7.17. The number of amides is 1. The number of thiazole rings is 1. The van der Waals surface area contributed by atoms with Crippen LogP contribution in [0.25, 0.3) is 16.4 Å². The monoisotopic (exact) mass is 429 g/mol. The summed E-state index contributed by atoms with van der Waals surface area (Å²) < 4.78 is 12.4. The molecule has 1 aromatic carbocycles. The van der Waals surface area contributed by atoms with Crippen LogP contribution in [0, 0.1) is 13.8 Å². The third kappa shape index (κ3) is 5.03. The van der Waals surface area contributed by atoms with E-state index in [-0.39, 0.29) is 12.0 Å². The highest BCUT2D eigenvalue weighted by Crippen LogP contribution is 2.29. The molecule has 2 heterocycles. The molecule has 1 N–H and O–H groups in total. The first-order valence-corrected chi connectivity index (χ1v) is 10.7. The maximum Gasteiger partial charge on any atom is 0.263 e. The lowest BCUT2D eigenvalue weighted by Crippen LogP contribution is -2.25. The smallest absolute Gasteiger partial charge is 0.263 e. The van der Waals surface area contributed by atoms with Gasteiger partial charge in [-0.3, -0.25) is 4.79 Å². The van der Waals surface area contributed by atoms with Gasteiger partial charge < -0.3 is 14.8 Å². The Kier molecular flexibility index (Phi) is 7.17. The van der Waals surface area contributed by atoms with Crippen LogP contribution in [0.3, 0.4) is 0 Å². The SMILES string of the molecule is COc1ccc(-n2nnc(-c3nc(C)c(C(=O)NCCCOC(C)C)s3)c2C)cc1. The number of ether oxygens (including phenoxy) is 2. The summed E-state index contributed by atoms with van der Waals surface area (Å²) in [6, 6.07) is 7.58. The van der Waals surface area contributed by atoms with Gasteiger partial charge in [0.15, 0.2) is 0 Å². The molecule has 160 valence electrons. The van der Waals surface area contributed by atoms with Crippen molar-refractivity contribution in [3.63, 3.8) is 0 Å². The summed E-state index contributed by atoms with van der Waals surface area (Å²) in [5.74, 6) is 0.653. The van der Waals surface area contributed by atoms with E-state index in [1.165, 1.54) is 11.3 Å². The summed E-state index contributed by atoms with van der Waals surface area (Å²) in [6.45, 7) is 8.94. The van der Waals surface area contributed by atoms with Crippen LogP contribution >= 0.6 is 11.3 Å². The van der Waals surface area contributed by atoms with Crippen LogP contribution in [-0.4, -0.2) is 52.3 Å². The average molecular weight is 430 g/mol. The Morgan fingerprint density at radius 1 is 1.23 bits per heavy atom. The van der Waals surface area contributed by atoms with Crippen LogP contribution in [0.15, 0.2) is 24.3 Å². The van der Waals surface area contributed by atoms with Crippen molar-refractivity contribution in [2.24, 2.45) is 0 Å². The summed E-state index contributed by atoms with van der Waals surface area (Å²) in [5.41, 5.74) is 3.08. The Bertz CT molecular complexity index is 995. The van der Waals surface area contributed by atoms with Crippen molar-refractivity contribution in [3.05, 3.63) is 40.5 Å².